The maximum Gasteiger partial charge on any atom is 0.204 e. The topological polar surface area (TPSA) is 56.9 Å². The lowest BCUT2D eigenvalue weighted by Gasteiger charge is -2.13. The van der Waals surface area contributed by atoms with Gasteiger partial charge in [0.1, 0.15) is 0 Å². The number of halogens is 1. The molecule has 0 saturated heterocycles. The largest absolute Gasteiger partial charge is 0.378 e. The van der Waals surface area contributed by atoms with Crippen molar-refractivity contribution in [1.82, 2.24) is 9.55 Å². The number of benzene rings is 1. The highest BCUT2D eigenvalue weighted by molar-refractivity contribution is 6.33. The number of nitriles is 1. The molecule has 0 aliphatic rings. The van der Waals surface area contributed by atoms with Crippen LogP contribution in [0.2, 0.25) is 5.02 Å². The van der Waals surface area contributed by atoms with Gasteiger partial charge in [0.25, 0.3) is 0 Å². The number of aromatic nitrogens is 2. The molecule has 0 atom stereocenters. The van der Waals surface area contributed by atoms with E-state index in [9.17, 15) is 0 Å². The van der Waals surface area contributed by atoms with E-state index in [0.717, 1.165) is 17.3 Å². The highest BCUT2D eigenvalue weighted by atomic mass is 35.5. The molecule has 1 heterocycles. The zero-order valence-corrected chi connectivity index (χ0v) is 12.4. The number of nitrogens with zero attached hydrogens (tertiary/aromatic N) is 4. The van der Waals surface area contributed by atoms with Gasteiger partial charge in [-0.2, -0.15) is 5.26 Å². The smallest absolute Gasteiger partial charge is 0.204 e. The molecule has 20 heavy (non-hydrogen) atoms. The molecule has 1 N–H and O–H groups in total. The van der Waals surface area contributed by atoms with Crippen molar-refractivity contribution in [2.24, 2.45) is 7.05 Å². The molecule has 0 bridgehead atoms. The zero-order chi connectivity index (χ0) is 14.7. The predicted molar refractivity (Wildman–Crippen MR) is 81.0 cm³/mol. The molecule has 0 spiro atoms. The van der Waals surface area contributed by atoms with Crippen LogP contribution in [0, 0.1) is 11.3 Å². The molecular weight excluding hydrogens is 274 g/mol. The summed E-state index contributed by atoms with van der Waals surface area (Å²) in [6.45, 7) is 0.614. The molecule has 0 aliphatic heterocycles. The van der Waals surface area contributed by atoms with E-state index < -0.39 is 0 Å². The van der Waals surface area contributed by atoms with Gasteiger partial charge >= 0.3 is 0 Å². The first-order valence-electron chi connectivity index (χ1n) is 6.14. The Kier molecular flexibility index (Phi) is 4.16. The van der Waals surface area contributed by atoms with Crippen molar-refractivity contribution in [1.29, 1.82) is 5.26 Å². The number of anilines is 2. The summed E-state index contributed by atoms with van der Waals surface area (Å²) in [5.41, 5.74) is 2.41. The molecule has 0 saturated carbocycles. The number of imidazole rings is 1. The van der Waals surface area contributed by atoms with Gasteiger partial charge in [-0.25, -0.2) is 4.98 Å². The van der Waals surface area contributed by atoms with E-state index in [1.54, 1.807) is 12.1 Å². The number of rotatable bonds is 4. The van der Waals surface area contributed by atoms with Gasteiger partial charge in [-0.15, -0.1) is 0 Å². The highest BCUT2D eigenvalue weighted by Gasteiger charge is 2.08. The van der Waals surface area contributed by atoms with Crippen molar-refractivity contribution >= 4 is 23.2 Å². The zero-order valence-electron chi connectivity index (χ0n) is 11.7. The molecule has 2 rings (SSSR count). The maximum absolute atomic E-state index is 8.81. The summed E-state index contributed by atoms with van der Waals surface area (Å²) in [6.07, 6.45) is 1.83. The third-order valence-electron chi connectivity index (χ3n) is 3.02. The minimum atomic E-state index is 0.541. The molecule has 0 radical (unpaired) electrons. The van der Waals surface area contributed by atoms with Crippen LogP contribution in [0.25, 0.3) is 0 Å². The van der Waals surface area contributed by atoms with E-state index in [4.69, 9.17) is 16.9 Å². The number of hydrogen-bond donors (Lipinski definition) is 1. The lowest BCUT2D eigenvalue weighted by Crippen LogP contribution is -2.15. The van der Waals surface area contributed by atoms with Crippen LogP contribution in [0.5, 0.6) is 0 Å². The second kappa shape index (κ2) is 5.85. The fraction of sp³-hybridized carbons (Fsp3) is 0.286. The summed E-state index contributed by atoms with van der Waals surface area (Å²) in [4.78, 5) is 6.31. The number of nitrogens with one attached hydrogen (secondary N) is 1. The summed E-state index contributed by atoms with van der Waals surface area (Å²) in [5, 5.41) is 12.6. The van der Waals surface area contributed by atoms with Crippen molar-refractivity contribution in [3.05, 3.63) is 40.7 Å². The summed E-state index contributed by atoms with van der Waals surface area (Å²) in [7, 11) is 5.88. The average molecular weight is 290 g/mol. The van der Waals surface area contributed by atoms with E-state index >= 15 is 0 Å². The molecule has 6 heteroatoms. The Morgan fingerprint density at radius 1 is 1.45 bits per heavy atom. The van der Waals surface area contributed by atoms with Gasteiger partial charge in [-0.3, -0.25) is 0 Å². The van der Waals surface area contributed by atoms with E-state index in [1.165, 1.54) is 0 Å². The molecular formula is C14H16ClN5. The van der Waals surface area contributed by atoms with Gasteiger partial charge in [0, 0.05) is 21.1 Å². The van der Waals surface area contributed by atoms with Crippen molar-refractivity contribution < 1.29 is 0 Å². The maximum atomic E-state index is 8.81. The lowest BCUT2D eigenvalue weighted by atomic mass is 10.2. The van der Waals surface area contributed by atoms with Gasteiger partial charge in [-0.05, 0) is 18.2 Å². The van der Waals surface area contributed by atoms with E-state index in [2.05, 4.69) is 16.4 Å². The SMILES string of the molecule is CN(C)c1ncc(CNc2ccc(C#N)cc2Cl)n1C. The summed E-state index contributed by atoms with van der Waals surface area (Å²) >= 11 is 6.13. The molecule has 1 aromatic carbocycles. The quantitative estimate of drug-likeness (QED) is 0.940. The Labute approximate surface area is 123 Å². The van der Waals surface area contributed by atoms with E-state index in [0.29, 0.717) is 17.1 Å². The van der Waals surface area contributed by atoms with Crippen molar-refractivity contribution in [2.75, 3.05) is 24.3 Å². The first kappa shape index (κ1) is 14.2. The van der Waals surface area contributed by atoms with Crippen molar-refractivity contribution in [2.45, 2.75) is 6.54 Å². The first-order valence-corrected chi connectivity index (χ1v) is 6.52. The normalized spacial score (nSPS) is 10.2. The molecule has 1 aromatic heterocycles. The number of hydrogen-bond acceptors (Lipinski definition) is 4. The Hall–Kier alpha value is -2.19. The third kappa shape index (κ3) is 2.86. The molecule has 0 amide bonds. The second-order valence-electron chi connectivity index (χ2n) is 4.66. The average Bonchev–Trinajstić information content (AvgIpc) is 2.78. The van der Waals surface area contributed by atoms with E-state index in [1.807, 2.05) is 42.9 Å². The Balaban J connectivity index is 2.11. The lowest BCUT2D eigenvalue weighted by molar-refractivity contribution is 0.814. The second-order valence-corrected chi connectivity index (χ2v) is 5.07. The fourth-order valence-corrected chi connectivity index (χ4v) is 2.17. The third-order valence-corrected chi connectivity index (χ3v) is 3.33. The molecule has 2 aromatic rings. The van der Waals surface area contributed by atoms with Crippen molar-refractivity contribution in [3.63, 3.8) is 0 Å². The Morgan fingerprint density at radius 2 is 2.20 bits per heavy atom. The van der Waals surface area contributed by atoms with Crippen LogP contribution in [0.15, 0.2) is 24.4 Å². The minimum absolute atomic E-state index is 0.541. The van der Waals surface area contributed by atoms with Crippen LogP contribution in [0.3, 0.4) is 0 Å². The molecule has 0 fully saturated rings. The van der Waals surface area contributed by atoms with Crippen molar-refractivity contribution in [3.8, 4) is 6.07 Å². The fourth-order valence-electron chi connectivity index (χ4n) is 1.93. The molecule has 104 valence electrons. The van der Waals surface area contributed by atoms with Gasteiger partial charge in [0.2, 0.25) is 5.95 Å². The molecule has 5 nitrogen and oxygen atoms in total. The molecule has 0 unspecified atom stereocenters. The standard InChI is InChI=1S/C14H16ClN5/c1-19(2)14-18-9-11(20(14)3)8-17-13-5-4-10(7-16)6-12(13)15/h4-6,9,17H,8H2,1-3H3. The van der Waals surface area contributed by atoms with Crippen LogP contribution < -0.4 is 10.2 Å². The Morgan fingerprint density at radius 3 is 2.75 bits per heavy atom. The van der Waals surface area contributed by atoms with Crippen LogP contribution in [0.4, 0.5) is 11.6 Å². The predicted octanol–water partition coefficient (Wildman–Crippen LogP) is 2.62. The summed E-state index contributed by atoms with van der Waals surface area (Å²) in [6, 6.07) is 7.26. The van der Waals surface area contributed by atoms with E-state index in [-0.39, 0.29) is 0 Å². The van der Waals surface area contributed by atoms with Gasteiger partial charge < -0.3 is 14.8 Å². The highest BCUT2D eigenvalue weighted by Crippen LogP contribution is 2.23. The Bertz CT molecular complexity index is 654. The summed E-state index contributed by atoms with van der Waals surface area (Å²) < 4.78 is 2.02. The van der Waals surface area contributed by atoms with Gasteiger partial charge in [-0.1, -0.05) is 11.6 Å². The molecule has 0 aliphatic carbocycles. The van der Waals surface area contributed by atoms with Crippen LogP contribution >= 0.6 is 11.6 Å². The van der Waals surface area contributed by atoms with Crippen LogP contribution in [0.1, 0.15) is 11.3 Å². The van der Waals surface area contributed by atoms with Gasteiger partial charge in [0.05, 0.1) is 40.8 Å². The minimum Gasteiger partial charge on any atom is -0.378 e. The summed E-state index contributed by atoms with van der Waals surface area (Å²) in [5.74, 6) is 0.896. The first-order chi connectivity index (χ1) is 9.52. The van der Waals surface area contributed by atoms with Gasteiger partial charge in [0.15, 0.2) is 0 Å². The monoisotopic (exact) mass is 289 g/mol. The van der Waals surface area contributed by atoms with Crippen LogP contribution in [-0.2, 0) is 13.6 Å². The van der Waals surface area contributed by atoms with Crippen LogP contribution in [-0.4, -0.2) is 23.6 Å².